The second kappa shape index (κ2) is 10.6. The van der Waals surface area contributed by atoms with E-state index in [0.29, 0.717) is 19.4 Å². The fourth-order valence-corrected chi connectivity index (χ4v) is 5.58. The summed E-state index contributed by atoms with van der Waals surface area (Å²) in [6.07, 6.45) is 1.64. The molecule has 1 N–H and O–H groups in total. The molecule has 3 heterocycles. The van der Waals surface area contributed by atoms with E-state index in [1.54, 1.807) is 32.9 Å². The van der Waals surface area contributed by atoms with Gasteiger partial charge in [-0.3, -0.25) is 9.69 Å². The molecule has 3 aromatic rings. The Balaban J connectivity index is 1.66. The van der Waals surface area contributed by atoms with E-state index in [9.17, 15) is 27.9 Å². The number of aryl methyl sites for hydroxylation is 1. The van der Waals surface area contributed by atoms with Gasteiger partial charge in [-0.1, -0.05) is 17.7 Å². The topological polar surface area (TPSA) is 152 Å². The summed E-state index contributed by atoms with van der Waals surface area (Å²) in [5.41, 5.74) is 0.293. The van der Waals surface area contributed by atoms with Crippen LogP contribution >= 0.6 is 0 Å². The summed E-state index contributed by atoms with van der Waals surface area (Å²) in [7, 11) is -3.96. The van der Waals surface area contributed by atoms with Gasteiger partial charge in [0.2, 0.25) is 0 Å². The Morgan fingerprint density at radius 2 is 1.85 bits per heavy atom. The first-order valence-electron chi connectivity index (χ1n) is 12.4. The minimum absolute atomic E-state index is 0.00137. The Kier molecular flexibility index (Phi) is 7.64. The maximum atomic E-state index is 13.2. The molecule has 13 heteroatoms. The number of likely N-dealkylation sites (tertiary alicyclic amines) is 1. The molecule has 2 amide bonds. The van der Waals surface area contributed by atoms with Gasteiger partial charge in [-0.05, 0) is 58.7 Å². The standard InChI is InChI=1S/C26H31N5O7S/c1-17-7-9-19(10-8-17)39(36,37)31-13-11-20-23(31)27-14-22(28-20)30(25(35)38-26(2,3)4)16-21(32)18-6-5-12-29(15-18)24(33)34/h7-11,13-14,18H,5-6,12,15-16H2,1-4H3,(H,33,34)/t18-/m1/s1. The lowest BCUT2D eigenvalue weighted by atomic mass is 9.93. The smallest absolute Gasteiger partial charge is 0.416 e. The van der Waals surface area contributed by atoms with E-state index >= 15 is 0 Å². The van der Waals surface area contributed by atoms with Gasteiger partial charge in [-0.25, -0.2) is 31.9 Å². The summed E-state index contributed by atoms with van der Waals surface area (Å²) in [5.74, 6) is -0.924. The molecule has 208 valence electrons. The number of nitrogens with zero attached hydrogens (tertiary/aromatic N) is 5. The number of piperidine rings is 1. The van der Waals surface area contributed by atoms with Gasteiger partial charge in [0.15, 0.2) is 17.2 Å². The fraction of sp³-hybridized carbons (Fsp3) is 0.423. The Hall–Kier alpha value is -4.00. The molecular weight excluding hydrogens is 526 g/mol. The number of anilines is 1. The predicted octanol–water partition coefficient (Wildman–Crippen LogP) is 3.68. The molecule has 1 fully saturated rings. The van der Waals surface area contributed by atoms with Crippen molar-refractivity contribution < 1.29 is 32.6 Å². The Morgan fingerprint density at radius 3 is 2.49 bits per heavy atom. The molecule has 1 saturated heterocycles. The third-order valence-electron chi connectivity index (χ3n) is 6.27. The van der Waals surface area contributed by atoms with Crippen LogP contribution in [-0.4, -0.2) is 75.6 Å². The van der Waals surface area contributed by atoms with E-state index in [1.807, 2.05) is 6.92 Å². The van der Waals surface area contributed by atoms with Gasteiger partial charge in [0.25, 0.3) is 10.0 Å². The predicted molar refractivity (Wildman–Crippen MR) is 142 cm³/mol. The number of benzene rings is 1. The summed E-state index contributed by atoms with van der Waals surface area (Å²) < 4.78 is 32.9. The zero-order valence-electron chi connectivity index (χ0n) is 22.2. The van der Waals surface area contributed by atoms with Crippen LogP contribution in [0.4, 0.5) is 15.4 Å². The highest BCUT2D eigenvalue weighted by Crippen LogP contribution is 2.25. The molecule has 0 saturated carbocycles. The molecule has 0 bridgehead atoms. The highest BCUT2D eigenvalue weighted by atomic mass is 32.2. The lowest BCUT2D eigenvalue weighted by molar-refractivity contribution is -0.122. The zero-order valence-corrected chi connectivity index (χ0v) is 23.0. The first-order valence-corrected chi connectivity index (χ1v) is 13.9. The second-order valence-electron chi connectivity index (χ2n) is 10.5. The maximum Gasteiger partial charge on any atom is 0.416 e. The van der Waals surface area contributed by atoms with E-state index in [0.717, 1.165) is 14.4 Å². The number of carboxylic acid groups (broad SMARTS) is 1. The number of ketones is 1. The number of Topliss-reactive ketones (excluding diaryl/α,β-unsaturated/α-hetero) is 1. The molecule has 0 radical (unpaired) electrons. The number of rotatable bonds is 6. The molecule has 1 atom stereocenters. The van der Waals surface area contributed by atoms with Crippen molar-refractivity contribution in [1.29, 1.82) is 0 Å². The number of fused-ring (bicyclic) bond motifs is 1. The third-order valence-corrected chi connectivity index (χ3v) is 7.95. The molecule has 0 aliphatic carbocycles. The van der Waals surface area contributed by atoms with E-state index in [4.69, 9.17) is 4.74 Å². The number of ether oxygens (including phenoxy) is 1. The second-order valence-corrected chi connectivity index (χ2v) is 12.3. The number of amides is 2. The van der Waals surface area contributed by atoms with E-state index in [1.165, 1.54) is 35.5 Å². The molecule has 0 spiro atoms. The van der Waals surface area contributed by atoms with Crippen LogP contribution in [0.1, 0.15) is 39.2 Å². The molecule has 4 rings (SSSR count). The quantitative estimate of drug-likeness (QED) is 0.478. The van der Waals surface area contributed by atoms with Crippen LogP contribution in [0.3, 0.4) is 0 Å². The third kappa shape index (κ3) is 6.19. The average molecular weight is 558 g/mol. The average Bonchev–Trinajstić information content (AvgIpc) is 3.30. The van der Waals surface area contributed by atoms with Crippen molar-refractivity contribution in [2.45, 2.75) is 51.0 Å². The highest BCUT2D eigenvalue weighted by molar-refractivity contribution is 7.90. The Morgan fingerprint density at radius 1 is 1.15 bits per heavy atom. The van der Waals surface area contributed by atoms with Gasteiger partial charge in [0.1, 0.15) is 11.1 Å². The highest BCUT2D eigenvalue weighted by Gasteiger charge is 2.33. The minimum atomic E-state index is -3.96. The van der Waals surface area contributed by atoms with Crippen LogP contribution in [0.2, 0.25) is 0 Å². The lowest BCUT2D eigenvalue weighted by Gasteiger charge is -2.31. The van der Waals surface area contributed by atoms with Gasteiger partial charge >= 0.3 is 12.2 Å². The Labute approximate surface area is 226 Å². The van der Waals surface area contributed by atoms with Crippen molar-refractivity contribution in [3.8, 4) is 0 Å². The molecule has 0 unspecified atom stereocenters. The number of carbonyl (C=O) groups excluding carboxylic acids is 2. The van der Waals surface area contributed by atoms with E-state index in [-0.39, 0.29) is 34.2 Å². The molecule has 1 aliphatic heterocycles. The molecular formula is C26H31N5O7S. The molecule has 2 aromatic heterocycles. The van der Waals surface area contributed by atoms with Crippen LogP contribution in [0, 0.1) is 12.8 Å². The monoisotopic (exact) mass is 557 g/mol. The van der Waals surface area contributed by atoms with Gasteiger partial charge in [0, 0.05) is 25.2 Å². The first-order chi connectivity index (χ1) is 18.3. The number of hydrogen-bond acceptors (Lipinski definition) is 8. The van der Waals surface area contributed by atoms with Crippen molar-refractivity contribution in [1.82, 2.24) is 18.8 Å². The van der Waals surface area contributed by atoms with Crippen molar-refractivity contribution in [2.75, 3.05) is 24.5 Å². The largest absolute Gasteiger partial charge is 0.465 e. The van der Waals surface area contributed by atoms with Crippen molar-refractivity contribution >= 4 is 45.0 Å². The van der Waals surface area contributed by atoms with Crippen LogP contribution < -0.4 is 4.90 Å². The zero-order chi connectivity index (χ0) is 28.5. The van der Waals surface area contributed by atoms with Gasteiger partial charge in [-0.2, -0.15) is 0 Å². The minimum Gasteiger partial charge on any atom is -0.465 e. The van der Waals surface area contributed by atoms with Gasteiger partial charge < -0.3 is 14.7 Å². The molecule has 1 aliphatic rings. The number of carbonyl (C=O) groups is 3. The molecule has 12 nitrogen and oxygen atoms in total. The summed E-state index contributed by atoms with van der Waals surface area (Å²) in [6, 6.07) is 7.86. The van der Waals surface area contributed by atoms with Crippen LogP contribution in [0.15, 0.2) is 47.6 Å². The molecule has 1 aromatic carbocycles. The van der Waals surface area contributed by atoms with Crippen molar-refractivity contribution in [3.63, 3.8) is 0 Å². The normalized spacial score (nSPS) is 16.2. The van der Waals surface area contributed by atoms with Crippen molar-refractivity contribution in [2.24, 2.45) is 5.92 Å². The Bertz CT molecular complexity index is 1510. The summed E-state index contributed by atoms with van der Waals surface area (Å²) in [5, 5.41) is 9.33. The molecule has 39 heavy (non-hydrogen) atoms. The van der Waals surface area contributed by atoms with Crippen LogP contribution in [0.5, 0.6) is 0 Å². The maximum absolute atomic E-state index is 13.2. The fourth-order valence-electron chi connectivity index (χ4n) is 4.28. The number of aromatic nitrogens is 3. The number of hydrogen-bond donors (Lipinski definition) is 1. The summed E-state index contributed by atoms with van der Waals surface area (Å²) in [6.45, 7) is 6.88. The first kappa shape index (κ1) is 28.0. The van der Waals surface area contributed by atoms with E-state index in [2.05, 4.69) is 9.97 Å². The van der Waals surface area contributed by atoms with E-state index < -0.39 is 40.3 Å². The van der Waals surface area contributed by atoms with Crippen LogP contribution in [-0.2, 0) is 19.6 Å². The summed E-state index contributed by atoms with van der Waals surface area (Å²) in [4.78, 5) is 48.8. The van der Waals surface area contributed by atoms with Crippen LogP contribution in [0.25, 0.3) is 11.2 Å². The lowest BCUT2D eigenvalue weighted by Crippen LogP contribution is -2.46. The van der Waals surface area contributed by atoms with Gasteiger partial charge in [0.05, 0.1) is 17.6 Å². The SMILES string of the molecule is Cc1ccc(S(=O)(=O)n2ccc3nc(N(CC(=O)[C@@H]4CCCN(C(=O)O)C4)C(=O)OC(C)(C)C)cnc32)cc1. The van der Waals surface area contributed by atoms with Crippen molar-refractivity contribution in [3.05, 3.63) is 48.3 Å². The van der Waals surface area contributed by atoms with Gasteiger partial charge in [-0.15, -0.1) is 0 Å². The summed E-state index contributed by atoms with van der Waals surface area (Å²) >= 11 is 0.